The fraction of sp³-hybridized carbons (Fsp3) is 0.391. The molecular formula is C23H25N. The van der Waals surface area contributed by atoms with Gasteiger partial charge in [0, 0.05) is 11.5 Å². The standard InChI is InChI=1S/C23H25N/c1-2-7-20-17-21(10-9-18(20)5-1)24-15-13-23(14-16-24)12-11-19-6-3-4-8-22(19)23/h1-8,11-12,21H,9-10,13-17H2. The third-order valence-electron chi connectivity index (χ3n) is 6.61. The summed E-state index contributed by atoms with van der Waals surface area (Å²) in [5.74, 6) is 0. The van der Waals surface area contributed by atoms with Crippen LogP contribution in [0.5, 0.6) is 0 Å². The summed E-state index contributed by atoms with van der Waals surface area (Å²) in [6, 6.07) is 18.8. The average molecular weight is 315 g/mol. The number of rotatable bonds is 1. The summed E-state index contributed by atoms with van der Waals surface area (Å²) in [6.07, 6.45) is 11.2. The van der Waals surface area contributed by atoms with Crippen molar-refractivity contribution < 1.29 is 0 Å². The van der Waals surface area contributed by atoms with Gasteiger partial charge < -0.3 is 0 Å². The number of hydrogen-bond acceptors (Lipinski definition) is 1. The van der Waals surface area contributed by atoms with Crippen LogP contribution >= 0.6 is 0 Å². The van der Waals surface area contributed by atoms with Gasteiger partial charge in [-0.3, -0.25) is 4.90 Å². The number of piperidine rings is 1. The largest absolute Gasteiger partial charge is 0.300 e. The van der Waals surface area contributed by atoms with Crippen molar-refractivity contribution in [3.8, 4) is 0 Å². The molecule has 1 saturated heterocycles. The van der Waals surface area contributed by atoms with Gasteiger partial charge in [-0.2, -0.15) is 0 Å². The SMILES string of the molecule is C1=CC2(CCN(C3CCc4ccccc4C3)CC2)c2ccccc21. The number of nitrogens with zero attached hydrogens (tertiary/aromatic N) is 1. The second-order valence-corrected chi connectivity index (χ2v) is 7.78. The number of benzene rings is 2. The van der Waals surface area contributed by atoms with E-state index in [9.17, 15) is 0 Å². The maximum atomic E-state index is 2.77. The lowest BCUT2D eigenvalue weighted by atomic mass is 9.74. The van der Waals surface area contributed by atoms with E-state index in [1.54, 1.807) is 16.7 Å². The quantitative estimate of drug-likeness (QED) is 0.743. The van der Waals surface area contributed by atoms with Gasteiger partial charge in [0.25, 0.3) is 0 Å². The van der Waals surface area contributed by atoms with E-state index >= 15 is 0 Å². The fourth-order valence-corrected chi connectivity index (χ4v) is 5.15. The van der Waals surface area contributed by atoms with Crippen LogP contribution in [-0.2, 0) is 18.3 Å². The highest BCUT2D eigenvalue weighted by Gasteiger charge is 2.39. The van der Waals surface area contributed by atoms with E-state index in [1.807, 2.05) is 0 Å². The molecule has 1 heterocycles. The minimum Gasteiger partial charge on any atom is -0.300 e. The molecule has 3 aliphatic rings. The lowest BCUT2D eigenvalue weighted by Gasteiger charge is -2.44. The zero-order valence-electron chi connectivity index (χ0n) is 14.2. The third kappa shape index (κ3) is 2.26. The molecule has 2 aromatic rings. The van der Waals surface area contributed by atoms with Crippen LogP contribution in [-0.4, -0.2) is 24.0 Å². The van der Waals surface area contributed by atoms with E-state index in [0.29, 0.717) is 5.41 Å². The van der Waals surface area contributed by atoms with Crippen molar-refractivity contribution in [1.29, 1.82) is 0 Å². The van der Waals surface area contributed by atoms with Crippen molar-refractivity contribution in [2.24, 2.45) is 0 Å². The molecule has 24 heavy (non-hydrogen) atoms. The van der Waals surface area contributed by atoms with Gasteiger partial charge in [0.05, 0.1) is 0 Å². The molecular weight excluding hydrogens is 290 g/mol. The maximum Gasteiger partial charge on any atom is 0.0165 e. The molecule has 2 aliphatic carbocycles. The summed E-state index contributed by atoms with van der Waals surface area (Å²) in [7, 11) is 0. The molecule has 1 fully saturated rings. The molecule has 5 rings (SSSR count). The summed E-state index contributed by atoms with van der Waals surface area (Å²) in [4.78, 5) is 2.77. The molecule has 1 aliphatic heterocycles. The monoisotopic (exact) mass is 315 g/mol. The van der Waals surface area contributed by atoms with Crippen LogP contribution in [0, 0.1) is 0 Å². The summed E-state index contributed by atoms with van der Waals surface area (Å²) >= 11 is 0. The first kappa shape index (κ1) is 14.5. The fourth-order valence-electron chi connectivity index (χ4n) is 5.15. The minimum absolute atomic E-state index is 0.319. The van der Waals surface area contributed by atoms with Crippen LogP contribution in [0.3, 0.4) is 0 Å². The van der Waals surface area contributed by atoms with Gasteiger partial charge >= 0.3 is 0 Å². The first-order valence-corrected chi connectivity index (χ1v) is 9.44. The van der Waals surface area contributed by atoms with Crippen molar-refractivity contribution in [2.75, 3.05) is 13.1 Å². The molecule has 1 heteroatoms. The molecule has 1 nitrogen and oxygen atoms in total. The van der Waals surface area contributed by atoms with E-state index in [4.69, 9.17) is 0 Å². The topological polar surface area (TPSA) is 3.24 Å². The Bertz CT molecular complexity index is 780. The molecule has 2 aromatic carbocycles. The van der Waals surface area contributed by atoms with Crippen molar-refractivity contribution in [3.05, 3.63) is 76.9 Å². The van der Waals surface area contributed by atoms with Crippen LogP contribution < -0.4 is 0 Å². The Morgan fingerprint density at radius 1 is 0.875 bits per heavy atom. The highest BCUT2D eigenvalue weighted by atomic mass is 15.2. The lowest BCUT2D eigenvalue weighted by molar-refractivity contribution is 0.122. The normalized spacial score (nSPS) is 24.8. The van der Waals surface area contributed by atoms with E-state index in [1.165, 1.54) is 50.8 Å². The van der Waals surface area contributed by atoms with Crippen molar-refractivity contribution >= 4 is 6.08 Å². The van der Waals surface area contributed by atoms with Crippen molar-refractivity contribution in [3.63, 3.8) is 0 Å². The molecule has 122 valence electrons. The molecule has 0 saturated carbocycles. The lowest BCUT2D eigenvalue weighted by Crippen LogP contribution is -2.47. The number of allylic oxidation sites excluding steroid dienone is 1. The molecule has 0 amide bonds. The van der Waals surface area contributed by atoms with Crippen molar-refractivity contribution in [2.45, 2.75) is 43.6 Å². The minimum atomic E-state index is 0.319. The maximum absolute atomic E-state index is 2.77. The van der Waals surface area contributed by atoms with Gasteiger partial charge in [0.15, 0.2) is 0 Å². The molecule has 0 bridgehead atoms. The Balaban J connectivity index is 1.31. The summed E-state index contributed by atoms with van der Waals surface area (Å²) in [5.41, 5.74) is 6.49. The van der Waals surface area contributed by atoms with Gasteiger partial charge in [-0.25, -0.2) is 0 Å². The predicted octanol–water partition coefficient (Wildman–Crippen LogP) is 4.60. The van der Waals surface area contributed by atoms with E-state index < -0.39 is 0 Å². The Morgan fingerprint density at radius 3 is 2.50 bits per heavy atom. The van der Waals surface area contributed by atoms with E-state index in [2.05, 4.69) is 65.6 Å². The Morgan fingerprint density at radius 2 is 1.62 bits per heavy atom. The van der Waals surface area contributed by atoms with E-state index in [-0.39, 0.29) is 0 Å². The third-order valence-corrected chi connectivity index (χ3v) is 6.61. The summed E-state index contributed by atoms with van der Waals surface area (Å²) in [5, 5.41) is 0. The van der Waals surface area contributed by atoms with Gasteiger partial charge in [-0.15, -0.1) is 0 Å². The number of aryl methyl sites for hydroxylation is 1. The van der Waals surface area contributed by atoms with Gasteiger partial charge in [0.1, 0.15) is 0 Å². The molecule has 0 aromatic heterocycles. The molecule has 0 radical (unpaired) electrons. The zero-order chi connectivity index (χ0) is 16.0. The van der Waals surface area contributed by atoms with Crippen LogP contribution in [0.2, 0.25) is 0 Å². The summed E-state index contributed by atoms with van der Waals surface area (Å²) < 4.78 is 0. The Hall–Kier alpha value is -1.86. The smallest absolute Gasteiger partial charge is 0.0165 e. The Labute approximate surface area is 145 Å². The second-order valence-electron chi connectivity index (χ2n) is 7.78. The predicted molar refractivity (Wildman–Crippen MR) is 100 cm³/mol. The highest BCUT2D eigenvalue weighted by molar-refractivity contribution is 5.65. The first-order valence-electron chi connectivity index (χ1n) is 9.44. The highest BCUT2D eigenvalue weighted by Crippen LogP contribution is 2.44. The molecule has 1 unspecified atom stereocenters. The molecule has 1 spiro atoms. The number of hydrogen-bond donors (Lipinski definition) is 0. The molecule has 1 atom stereocenters. The van der Waals surface area contributed by atoms with Crippen LogP contribution in [0.4, 0.5) is 0 Å². The average Bonchev–Trinajstić information content (AvgIpc) is 3.01. The van der Waals surface area contributed by atoms with Crippen LogP contribution in [0.25, 0.3) is 6.08 Å². The first-order chi connectivity index (χ1) is 11.8. The summed E-state index contributed by atoms with van der Waals surface area (Å²) in [6.45, 7) is 2.48. The van der Waals surface area contributed by atoms with Gasteiger partial charge in [-0.1, -0.05) is 60.7 Å². The van der Waals surface area contributed by atoms with Crippen LogP contribution in [0.15, 0.2) is 54.6 Å². The second kappa shape index (κ2) is 5.60. The molecule has 0 N–H and O–H groups in total. The van der Waals surface area contributed by atoms with Gasteiger partial charge in [0.2, 0.25) is 0 Å². The number of likely N-dealkylation sites (tertiary alicyclic amines) is 1. The van der Waals surface area contributed by atoms with Crippen molar-refractivity contribution in [1.82, 2.24) is 4.90 Å². The van der Waals surface area contributed by atoms with E-state index in [0.717, 1.165) is 6.04 Å². The Kier molecular flexibility index (Phi) is 3.38. The van der Waals surface area contributed by atoms with Gasteiger partial charge in [-0.05, 0) is 67.4 Å². The number of fused-ring (bicyclic) bond motifs is 3. The van der Waals surface area contributed by atoms with Crippen LogP contribution in [0.1, 0.15) is 41.5 Å². The zero-order valence-corrected chi connectivity index (χ0v) is 14.2.